The molecule has 10 heteroatoms. The number of benzene rings is 1. The van der Waals surface area contributed by atoms with Crippen LogP contribution in [0.4, 0.5) is 5.13 Å². The zero-order valence-corrected chi connectivity index (χ0v) is 20.2. The molecule has 0 bridgehead atoms. The van der Waals surface area contributed by atoms with E-state index >= 15 is 0 Å². The van der Waals surface area contributed by atoms with E-state index in [0.29, 0.717) is 33.2 Å². The number of tetrazole rings is 1. The summed E-state index contributed by atoms with van der Waals surface area (Å²) in [6.07, 6.45) is 10.9. The largest absolute Gasteiger partial charge is 0.298 e. The maximum Gasteiger partial charge on any atom is 0.257 e. The highest BCUT2D eigenvalue weighted by atomic mass is 79.9. The number of halogens is 2. The van der Waals surface area contributed by atoms with Crippen molar-refractivity contribution in [1.82, 2.24) is 25.2 Å². The summed E-state index contributed by atoms with van der Waals surface area (Å²) in [7, 11) is 0. The Morgan fingerprint density at radius 2 is 2.06 bits per heavy atom. The van der Waals surface area contributed by atoms with Crippen LogP contribution in [0.2, 0.25) is 5.02 Å². The minimum atomic E-state index is -0.187. The van der Waals surface area contributed by atoms with Crippen LogP contribution in [0.25, 0.3) is 11.3 Å². The third kappa shape index (κ3) is 5.39. The fourth-order valence-corrected chi connectivity index (χ4v) is 5.16. The highest BCUT2D eigenvalue weighted by Gasteiger charge is 2.20. The summed E-state index contributed by atoms with van der Waals surface area (Å²) in [4.78, 5) is 17.5. The number of rotatable bonds is 5. The Balaban J connectivity index is 1.68. The predicted molar refractivity (Wildman–Crippen MR) is 127 cm³/mol. The average Bonchev–Trinajstić information content (AvgIpc) is 3.25. The number of anilines is 1. The molecule has 162 valence electrons. The Labute approximate surface area is 198 Å². The third-order valence-electron chi connectivity index (χ3n) is 5.36. The van der Waals surface area contributed by atoms with Gasteiger partial charge in [0.2, 0.25) is 0 Å². The minimum absolute atomic E-state index is 0.187. The van der Waals surface area contributed by atoms with Gasteiger partial charge in [-0.3, -0.25) is 10.1 Å². The number of amides is 1. The highest BCUT2D eigenvalue weighted by molar-refractivity contribution is 9.11. The lowest BCUT2D eigenvalue weighted by Crippen LogP contribution is -2.15. The molecular weight excluding hydrogens is 500 g/mol. The van der Waals surface area contributed by atoms with Crippen LogP contribution in [0, 0.1) is 12.8 Å². The first-order chi connectivity index (χ1) is 15.0. The van der Waals surface area contributed by atoms with E-state index in [9.17, 15) is 4.79 Å². The van der Waals surface area contributed by atoms with Crippen molar-refractivity contribution in [2.24, 2.45) is 5.92 Å². The van der Waals surface area contributed by atoms with Crippen LogP contribution in [-0.4, -0.2) is 31.1 Å². The number of nitrogens with one attached hydrogen (secondary N) is 1. The summed E-state index contributed by atoms with van der Waals surface area (Å²) in [6, 6.07) is 5.54. The van der Waals surface area contributed by atoms with Crippen molar-refractivity contribution in [1.29, 1.82) is 0 Å². The predicted octanol–water partition coefficient (Wildman–Crippen LogP) is 5.84. The van der Waals surface area contributed by atoms with E-state index in [4.69, 9.17) is 11.6 Å². The molecule has 1 amide bonds. The van der Waals surface area contributed by atoms with Gasteiger partial charge in [-0.25, -0.2) is 4.98 Å². The van der Waals surface area contributed by atoms with Crippen molar-refractivity contribution in [3.63, 3.8) is 0 Å². The van der Waals surface area contributed by atoms with Gasteiger partial charge in [-0.15, -0.1) is 5.10 Å². The second-order valence-electron chi connectivity index (χ2n) is 7.56. The first-order valence-electron chi connectivity index (χ1n) is 10.2. The molecule has 4 rings (SSSR count). The van der Waals surface area contributed by atoms with Crippen LogP contribution in [0.1, 0.15) is 49.9 Å². The minimum Gasteiger partial charge on any atom is -0.298 e. The van der Waals surface area contributed by atoms with Gasteiger partial charge in [-0.05, 0) is 69.7 Å². The molecule has 1 aliphatic carbocycles. The normalized spacial score (nSPS) is 15.6. The Morgan fingerprint density at radius 3 is 2.68 bits per heavy atom. The van der Waals surface area contributed by atoms with Crippen molar-refractivity contribution in [3.8, 4) is 5.69 Å². The first kappa shape index (κ1) is 22.1. The van der Waals surface area contributed by atoms with Gasteiger partial charge < -0.3 is 0 Å². The lowest BCUT2D eigenvalue weighted by Gasteiger charge is -2.15. The molecule has 7 nitrogen and oxygen atoms in total. The molecule has 0 saturated heterocycles. The second kappa shape index (κ2) is 10.0. The lowest BCUT2D eigenvalue weighted by atomic mass is 9.94. The summed E-state index contributed by atoms with van der Waals surface area (Å²) in [6.45, 7) is 1.81. The van der Waals surface area contributed by atoms with Crippen molar-refractivity contribution < 1.29 is 4.79 Å². The molecule has 1 fully saturated rings. The lowest BCUT2D eigenvalue weighted by molar-refractivity contribution is -0.111. The molecule has 2 aromatic heterocycles. The molecule has 0 unspecified atom stereocenters. The standard InChI is InChI=1S/C21H22BrClN6OS/c1-13-26-27-28-29(13)18-9-8-15(11-17(18)23)16(10-14-6-4-2-3-5-7-14)20(30)25-21-24-12-19(22)31-21/h8-12,14H,2-7H2,1H3,(H,24,25,30)/b16-10+. The number of hydrogen-bond donors (Lipinski definition) is 1. The molecule has 0 radical (unpaired) electrons. The van der Waals surface area contributed by atoms with Crippen molar-refractivity contribution in [2.75, 3.05) is 5.32 Å². The maximum atomic E-state index is 13.3. The topological polar surface area (TPSA) is 85.6 Å². The Hall–Kier alpha value is -2.10. The van der Waals surface area contributed by atoms with E-state index in [1.165, 1.54) is 37.0 Å². The van der Waals surface area contributed by atoms with Gasteiger partial charge in [0, 0.05) is 5.57 Å². The maximum absolute atomic E-state index is 13.3. The fourth-order valence-electron chi connectivity index (χ4n) is 3.79. The van der Waals surface area contributed by atoms with Crippen molar-refractivity contribution >= 4 is 55.5 Å². The fraction of sp³-hybridized carbons (Fsp3) is 0.381. The molecule has 3 aromatic rings. The van der Waals surface area contributed by atoms with Crippen molar-refractivity contribution in [3.05, 3.63) is 50.7 Å². The monoisotopic (exact) mass is 520 g/mol. The molecule has 0 atom stereocenters. The summed E-state index contributed by atoms with van der Waals surface area (Å²) in [5.41, 5.74) is 2.04. The van der Waals surface area contributed by atoms with Crippen LogP contribution >= 0.6 is 38.9 Å². The van der Waals surface area contributed by atoms with Crippen LogP contribution in [0.5, 0.6) is 0 Å². The van der Waals surface area contributed by atoms with Gasteiger partial charge in [-0.1, -0.05) is 60.8 Å². The molecule has 0 aliphatic heterocycles. The van der Waals surface area contributed by atoms with E-state index in [1.807, 2.05) is 12.1 Å². The zero-order valence-electron chi connectivity index (χ0n) is 17.0. The highest BCUT2D eigenvalue weighted by Crippen LogP contribution is 2.31. The van der Waals surface area contributed by atoms with Gasteiger partial charge in [0.1, 0.15) is 0 Å². The molecule has 1 aromatic carbocycles. The van der Waals surface area contributed by atoms with Crippen molar-refractivity contribution in [2.45, 2.75) is 45.4 Å². The van der Waals surface area contributed by atoms with E-state index < -0.39 is 0 Å². The van der Waals surface area contributed by atoms with Gasteiger partial charge in [0.15, 0.2) is 11.0 Å². The van der Waals surface area contributed by atoms with Crippen LogP contribution in [0.3, 0.4) is 0 Å². The summed E-state index contributed by atoms with van der Waals surface area (Å²) in [5, 5.41) is 15.5. The summed E-state index contributed by atoms with van der Waals surface area (Å²) >= 11 is 11.3. The average molecular weight is 522 g/mol. The van der Waals surface area contributed by atoms with Crippen LogP contribution in [-0.2, 0) is 4.79 Å². The molecule has 1 N–H and O–H groups in total. The van der Waals surface area contributed by atoms with E-state index in [-0.39, 0.29) is 5.91 Å². The number of aromatic nitrogens is 5. The smallest absolute Gasteiger partial charge is 0.257 e. The number of allylic oxidation sites excluding steroid dienone is 1. The first-order valence-corrected chi connectivity index (χ1v) is 12.2. The number of aryl methyl sites for hydroxylation is 1. The Kier molecular flexibility index (Phi) is 7.14. The molecule has 1 aliphatic rings. The van der Waals surface area contributed by atoms with E-state index in [2.05, 4.69) is 47.8 Å². The Morgan fingerprint density at radius 1 is 1.29 bits per heavy atom. The van der Waals surface area contributed by atoms with Gasteiger partial charge in [-0.2, -0.15) is 4.68 Å². The second-order valence-corrected chi connectivity index (χ2v) is 10.4. The van der Waals surface area contributed by atoms with Gasteiger partial charge in [0.25, 0.3) is 5.91 Å². The number of thiazole rings is 1. The summed E-state index contributed by atoms with van der Waals surface area (Å²) in [5.74, 6) is 0.816. The molecule has 0 spiro atoms. The number of carbonyl (C=O) groups is 1. The van der Waals surface area contributed by atoms with Crippen LogP contribution < -0.4 is 5.32 Å². The number of hydrogen-bond acceptors (Lipinski definition) is 6. The van der Waals surface area contributed by atoms with E-state index in [0.717, 1.165) is 22.2 Å². The number of nitrogens with zero attached hydrogens (tertiary/aromatic N) is 5. The quantitative estimate of drug-likeness (QED) is 0.337. The van der Waals surface area contributed by atoms with Crippen LogP contribution in [0.15, 0.2) is 34.3 Å². The summed E-state index contributed by atoms with van der Waals surface area (Å²) < 4.78 is 2.44. The molecule has 31 heavy (non-hydrogen) atoms. The third-order valence-corrected chi connectivity index (χ3v) is 7.05. The van der Waals surface area contributed by atoms with Gasteiger partial charge in [0.05, 0.1) is 20.7 Å². The van der Waals surface area contributed by atoms with E-state index in [1.54, 1.807) is 23.9 Å². The number of carbonyl (C=O) groups excluding carboxylic acids is 1. The SMILES string of the molecule is Cc1nnnn1-c1ccc(/C(=C\C2CCCCCC2)C(=O)Nc2ncc(Br)s2)cc1Cl. The molecule has 2 heterocycles. The molecular formula is C21H22BrClN6OS. The zero-order chi connectivity index (χ0) is 21.8. The van der Waals surface area contributed by atoms with Gasteiger partial charge >= 0.3 is 0 Å². The Bertz CT molecular complexity index is 1100. The molecule has 1 saturated carbocycles.